The van der Waals surface area contributed by atoms with Gasteiger partial charge in [0.15, 0.2) is 0 Å². The summed E-state index contributed by atoms with van der Waals surface area (Å²) in [6.07, 6.45) is 1.63. The smallest absolute Gasteiger partial charge is 0.289 e. The van der Waals surface area contributed by atoms with Gasteiger partial charge in [0.1, 0.15) is 5.69 Å². The minimum atomic E-state index is -0.402. The summed E-state index contributed by atoms with van der Waals surface area (Å²) in [5.74, 6) is -0.402. The van der Waals surface area contributed by atoms with Gasteiger partial charge in [0, 0.05) is 37.8 Å². The molecule has 4 aromatic rings. The molecule has 2 aromatic carbocycles. The summed E-state index contributed by atoms with van der Waals surface area (Å²) in [5.41, 5.74) is 6.98. The number of nitrogens with zero attached hydrogens (tertiary/aromatic N) is 2. The van der Waals surface area contributed by atoms with Crippen LogP contribution in [0.4, 0.5) is 0 Å². The van der Waals surface area contributed by atoms with Crippen LogP contribution in [0.15, 0.2) is 53.6 Å². The van der Waals surface area contributed by atoms with Gasteiger partial charge in [-0.25, -0.2) is 5.43 Å². The molecule has 2 aromatic heterocycles. The molecule has 8 heteroatoms. The molecule has 0 aliphatic heterocycles. The molecule has 0 bridgehead atoms. The highest BCUT2D eigenvalue weighted by Crippen LogP contribution is 2.26. The van der Waals surface area contributed by atoms with Crippen molar-refractivity contribution >= 4 is 46.2 Å². The Bertz CT molecular complexity index is 1190. The molecule has 6 nitrogen and oxygen atoms in total. The van der Waals surface area contributed by atoms with E-state index in [-0.39, 0.29) is 5.69 Å². The Balaban J connectivity index is 1.51. The fraction of sp³-hybridized carbons (Fsp3) is 0.0500. The normalized spacial score (nSPS) is 11.4. The minimum Gasteiger partial charge on any atom is -0.358 e. The number of H-pyrrole nitrogens is 2. The molecule has 140 valence electrons. The zero-order chi connectivity index (χ0) is 19.7. The number of carbonyl (C=O) groups is 1. The third-order valence-electron chi connectivity index (χ3n) is 4.28. The Labute approximate surface area is 170 Å². The maximum Gasteiger partial charge on any atom is 0.289 e. The van der Waals surface area contributed by atoms with E-state index in [9.17, 15) is 4.79 Å². The lowest BCUT2D eigenvalue weighted by Gasteiger charge is -1.98. The number of hydrazone groups is 1. The van der Waals surface area contributed by atoms with Gasteiger partial charge in [0.05, 0.1) is 11.9 Å². The van der Waals surface area contributed by atoms with E-state index < -0.39 is 5.91 Å². The van der Waals surface area contributed by atoms with Crippen LogP contribution in [-0.4, -0.2) is 27.3 Å². The minimum absolute atomic E-state index is 0.277. The molecule has 0 saturated carbocycles. The van der Waals surface area contributed by atoms with Gasteiger partial charge < -0.3 is 4.98 Å². The lowest BCUT2D eigenvalue weighted by molar-refractivity contribution is 0.0950. The molecular formula is C20H15Cl2N5O. The monoisotopic (exact) mass is 411 g/mol. The summed E-state index contributed by atoms with van der Waals surface area (Å²) in [6.45, 7) is 1.96. The second-order valence-corrected chi connectivity index (χ2v) is 7.11. The molecule has 0 aliphatic carbocycles. The van der Waals surface area contributed by atoms with Crippen molar-refractivity contribution in [3.8, 4) is 11.3 Å². The van der Waals surface area contributed by atoms with Gasteiger partial charge in [-0.2, -0.15) is 10.2 Å². The quantitative estimate of drug-likeness (QED) is 0.328. The standard InChI is InChI=1S/C20H15Cl2N5O/c1-11-16(15-4-2-3-5-17(15)24-11)10-23-27-20(28)19-9-18(25-26-19)12-6-13(21)8-14(22)7-12/h2-10,24H,1H3,(H,25,26)(H,27,28). The van der Waals surface area contributed by atoms with Gasteiger partial charge in [-0.15, -0.1) is 0 Å². The highest BCUT2D eigenvalue weighted by atomic mass is 35.5. The first-order valence-corrected chi connectivity index (χ1v) is 9.19. The number of amides is 1. The lowest BCUT2D eigenvalue weighted by atomic mass is 10.1. The molecule has 28 heavy (non-hydrogen) atoms. The zero-order valence-electron chi connectivity index (χ0n) is 14.8. The third-order valence-corrected chi connectivity index (χ3v) is 4.72. The van der Waals surface area contributed by atoms with E-state index in [0.717, 1.165) is 22.2 Å². The largest absolute Gasteiger partial charge is 0.358 e. The number of hydrogen-bond acceptors (Lipinski definition) is 3. The van der Waals surface area contributed by atoms with Crippen molar-refractivity contribution in [1.82, 2.24) is 20.6 Å². The van der Waals surface area contributed by atoms with Crippen molar-refractivity contribution in [2.75, 3.05) is 0 Å². The number of hydrogen-bond donors (Lipinski definition) is 3. The molecule has 0 aliphatic rings. The van der Waals surface area contributed by atoms with Crippen molar-refractivity contribution in [1.29, 1.82) is 0 Å². The van der Waals surface area contributed by atoms with Crippen LogP contribution in [-0.2, 0) is 0 Å². The summed E-state index contributed by atoms with van der Waals surface area (Å²) in [4.78, 5) is 15.6. The predicted molar refractivity (Wildman–Crippen MR) is 112 cm³/mol. The van der Waals surface area contributed by atoms with Crippen LogP contribution in [0.25, 0.3) is 22.2 Å². The summed E-state index contributed by atoms with van der Waals surface area (Å²) in [7, 11) is 0. The van der Waals surface area contributed by atoms with E-state index in [1.807, 2.05) is 31.2 Å². The summed E-state index contributed by atoms with van der Waals surface area (Å²) in [6, 6.07) is 14.6. The van der Waals surface area contributed by atoms with E-state index in [1.165, 1.54) is 0 Å². The molecular weight excluding hydrogens is 397 g/mol. The maximum absolute atomic E-state index is 12.3. The Morgan fingerprint density at radius 1 is 1.14 bits per heavy atom. The Kier molecular flexibility index (Phi) is 4.90. The number of halogens is 2. The zero-order valence-corrected chi connectivity index (χ0v) is 16.3. The van der Waals surface area contributed by atoms with Crippen molar-refractivity contribution < 1.29 is 4.79 Å². The molecule has 0 radical (unpaired) electrons. The molecule has 2 heterocycles. The van der Waals surface area contributed by atoms with Gasteiger partial charge in [0.2, 0.25) is 0 Å². The Morgan fingerprint density at radius 2 is 1.89 bits per heavy atom. The lowest BCUT2D eigenvalue weighted by Crippen LogP contribution is -2.18. The van der Waals surface area contributed by atoms with Crippen LogP contribution in [0, 0.1) is 6.92 Å². The number of fused-ring (bicyclic) bond motifs is 1. The number of nitrogens with one attached hydrogen (secondary N) is 3. The van der Waals surface area contributed by atoms with Gasteiger partial charge >= 0.3 is 0 Å². The van der Waals surface area contributed by atoms with Crippen molar-refractivity contribution in [2.24, 2.45) is 5.10 Å². The molecule has 0 atom stereocenters. The van der Waals surface area contributed by atoms with Crippen molar-refractivity contribution in [3.05, 3.63) is 75.5 Å². The van der Waals surface area contributed by atoms with E-state index in [0.29, 0.717) is 21.3 Å². The molecule has 1 amide bonds. The fourth-order valence-corrected chi connectivity index (χ4v) is 3.49. The molecule has 0 saturated heterocycles. The van der Waals surface area contributed by atoms with Crippen LogP contribution in [0.1, 0.15) is 21.7 Å². The van der Waals surface area contributed by atoms with E-state index in [1.54, 1.807) is 30.5 Å². The average molecular weight is 412 g/mol. The van der Waals surface area contributed by atoms with Crippen molar-refractivity contribution in [3.63, 3.8) is 0 Å². The first-order chi connectivity index (χ1) is 13.5. The summed E-state index contributed by atoms with van der Waals surface area (Å²) in [5, 5.41) is 13.0. The number of aromatic nitrogens is 3. The topological polar surface area (TPSA) is 85.9 Å². The van der Waals surface area contributed by atoms with Crippen LogP contribution < -0.4 is 5.43 Å². The molecule has 0 fully saturated rings. The number of para-hydroxylation sites is 1. The van der Waals surface area contributed by atoms with Gasteiger partial charge in [-0.05, 0) is 37.3 Å². The van der Waals surface area contributed by atoms with E-state index >= 15 is 0 Å². The highest BCUT2D eigenvalue weighted by Gasteiger charge is 2.12. The van der Waals surface area contributed by atoms with Gasteiger partial charge in [0.25, 0.3) is 5.91 Å². The maximum atomic E-state index is 12.3. The first-order valence-electron chi connectivity index (χ1n) is 8.44. The number of benzene rings is 2. The van der Waals surface area contributed by atoms with Crippen molar-refractivity contribution in [2.45, 2.75) is 6.92 Å². The Morgan fingerprint density at radius 3 is 2.68 bits per heavy atom. The summed E-state index contributed by atoms with van der Waals surface area (Å²) < 4.78 is 0. The third kappa shape index (κ3) is 3.65. The second-order valence-electron chi connectivity index (χ2n) is 6.23. The second kappa shape index (κ2) is 7.50. The molecule has 3 N–H and O–H groups in total. The number of aromatic amines is 2. The van der Waals surface area contributed by atoms with Crippen LogP contribution in [0.2, 0.25) is 10.0 Å². The van der Waals surface area contributed by atoms with E-state index in [4.69, 9.17) is 23.2 Å². The summed E-state index contributed by atoms with van der Waals surface area (Å²) >= 11 is 12.0. The van der Waals surface area contributed by atoms with Crippen LogP contribution in [0.5, 0.6) is 0 Å². The Hall–Kier alpha value is -3.09. The van der Waals surface area contributed by atoms with Crippen LogP contribution in [0.3, 0.4) is 0 Å². The number of aryl methyl sites for hydroxylation is 1. The number of carbonyl (C=O) groups excluding carboxylic acids is 1. The highest BCUT2D eigenvalue weighted by molar-refractivity contribution is 6.35. The van der Waals surface area contributed by atoms with E-state index in [2.05, 4.69) is 25.7 Å². The first kappa shape index (κ1) is 18.3. The fourth-order valence-electron chi connectivity index (χ4n) is 2.97. The average Bonchev–Trinajstić information content (AvgIpc) is 3.26. The van der Waals surface area contributed by atoms with Gasteiger partial charge in [-0.3, -0.25) is 9.89 Å². The SMILES string of the molecule is Cc1[nH]c2ccccc2c1C=NNC(=O)c1cc(-c2cc(Cl)cc(Cl)c2)n[nH]1. The number of rotatable bonds is 4. The molecule has 0 unspecified atom stereocenters. The molecule has 4 rings (SSSR count). The predicted octanol–water partition coefficient (Wildman–Crippen LogP) is 4.94. The van der Waals surface area contributed by atoms with Gasteiger partial charge in [-0.1, -0.05) is 41.4 Å². The van der Waals surface area contributed by atoms with Crippen LogP contribution >= 0.6 is 23.2 Å². The molecule has 0 spiro atoms.